The highest BCUT2D eigenvalue weighted by molar-refractivity contribution is 9.10. The van der Waals surface area contributed by atoms with Crippen molar-refractivity contribution in [1.29, 1.82) is 0 Å². The lowest BCUT2D eigenvalue weighted by atomic mass is 10.0. The summed E-state index contributed by atoms with van der Waals surface area (Å²) in [6.07, 6.45) is 1.21. The van der Waals surface area contributed by atoms with Crippen molar-refractivity contribution in [2.75, 3.05) is 19.6 Å². The Bertz CT molecular complexity index is 367. The zero-order valence-electron chi connectivity index (χ0n) is 10.6. The zero-order valence-corrected chi connectivity index (χ0v) is 12.2. The molecular weight excluding hydrogens is 276 g/mol. The van der Waals surface area contributed by atoms with Crippen LogP contribution in [0.15, 0.2) is 28.7 Å². The number of piperazine rings is 1. The maximum Gasteiger partial charge on any atom is 0.0321 e. The molecule has 2 nitrogen and oxygen atoms in total. The van der Waals surface area contributed by atoms with Crippen molar-refractivity contribution in [3.63, 3.8) is 0 Å². The Morgan fingerprint density at radius 2 is 2.35 bits per heavy atom. The lowest BCUT2D eigenvalue weighted by Gasteiger charge is -2.37. The third kappa shape index (κ3) is 3.30. The summed E-state index contributed by atoms with van der Waals surface area (Å²) >= 11 is 3.55. The summed E-state index contributed by atoms with van der Waals surface area (Å²) in [5.74, 6) is 0. The Kier molecular flexibility index (Phi) is 4.60. The maximum atomic E-state index is 3.57. The average Bonchev–Trinajstić information content (AvgIpc) is 2.38. The van der Waals surface area contributed by atoms with Gasteiger partial charge in [0.25, 0.3) is 0 Å². The third-order valence-corrected chi connectivity index (χ3v) is 4.15. The minimum absolute atomic E-state index is 0.503. The molecular formula is C14H21BrN2. The predicted octanol–water partition coefficient (Wildman–Crippen LogP) is 3.19. The molecule has 1 aromatic rings. The number of halogens is 1. The van der Waals surface area contributed by atoms with Crippen molar-refractivity contribution < 1.29 is 0 Å². The fourth-order valence-corrected chi connectivity index (χ4v) is 2.87. The molecule has 94 valence electrons. The topological polar surface area (TPSA) is 15.3 Å². The summed E-state index contributed by atoms with van der Waals surface area (Å²) in [5.41, 5.74) is 1.40. The molecule has 0 amide bonds. The molecule has 2 unspecified atom stereocenters. The fraction of sp³-hybridized carbons (Fsp3) is 0.571. The number of benzene rings is 1. The van der Waals surface area contributed by atoms with Gasteiger partial charge in [-0.2, -0.15) is 0 Å². The van der Waals surface area contributed by atoms with Crippen LogP contribution in [0.1, 0.15) is 31.9 Å². The molecule has 1 aliphatic heterocycles. The number of hydrogen-bond acceptors (Lipinski definition) is 2. The van der Waals surface area contributed by atoms with Crippen molar-refractivity contribution in [3.8, 4) is 0 Å². The molecule has 1 aliphatic rings. The molecule has 1 fully saturated rings. The smallest absolute Gasteiger partial charge is 0.0321 e. The Labute approximate surface area is 113 Å². The van der Waals surface area contributed by atoms with Crippen LogP contribution >= 0.6 is 15.9 Å². The SMILES string of the molecule is CCC1CN(C(C)c2cccc(Br)c2)CCN1. The van der Waals surface area contributed by atoms with Gasteiger partial charge < -0.3 is 5.32 Å². The minimum Gasteiger partial charge on any atom is -0.311 e. The number of hydrogen-bond donors (Lipinski definition) is 1. The van der Waals surface area contributed by atoms with Crippen LogP contribution in [0.5, 0.6) is 0 Å². The second-order valence-corrected chi connectivity index (χ2v) is 5.70. The summed E-state index contributed by atoms with van der Waals surface area (Å²) in [6.45, 7) is 7.97. The first-order valence-corrected chi connectivity index (χ1v) is 7.23. The van der Waals surface area contributed by atoms with Gasteiger partial charge in [-0.25, -0.2) is 0 Å². The Morgan fingerprint density at radius 1 is 1.53 bits per heavy atom. The first-order valence-electron chi connectivity index (χ1n) is 6.43. The quantitative estimate of drug-likeness (QED) is 0.921. The van der Waals surface area contributed by atoms with Gasteiger partial charge in [-0.15, -0.1) is 0 Å². The fourth-order valence-electron chi connectivity index (χ4n) is 2.45. The number of nitrogens with zero attached hydrogens (tertiary/aromatic N) is 1. The van der Waals surface area contributed by atoms with Crippen LogP contribution < -0.4 is 5.32 Å². The van der Waals surface area contributed by atoms with E-state index in [9.17, 15) is 0 Å². The summed E-state index contributed by atoms with van der Waals surface area (Å²) < 4.78 is 1.17. The van der Waals surface area contributed by atoms with Gasteiger partial charge in [0.1, 0.15) is 0 Å². The van der Waals surface area contributed by atoms with E-state index in [1.54, 1.807) is 0 Å². The van der Waals surface area contributed by atoms with E-state index < -0.39 is 0 Å². The van der Waals surface area contributed by atoms with E-state index in [1.165, 1.54) is 16.5 Å². The molecule has 1 saturated heterocycles. The van der Waals surface area contributed by atoms with Gasteiger partial charge in [-0.1, -0.05) is 35.0 Å². The highest BCUT2D eigenvalue weighted by atomic mass is 79.9. The molecule has 1 N–H and O–H groups in total. The summed E-state index contributed by atoms with van der Waals surface area (Å²) in [4.78, 5) is 2.58. The van der Waals surface area contributed by atoms with E-state index in [0.717, 1.165) is 19.6 Å². The van der Waals surface area contributed by atoms with Crippen LogP contribution in [-0.4, -0.2) is 30.6 Å². The predicted molar refractivity (Wildman–Crippen MR) is 76.2 cm³/mol. The standard InChI is InChI=1S/C14H21BrN2/c1-3-14-10-17(8-7-16-14)11(2)12-5-4-6-13(15)9-12/h4-6,9,11,14,16H,3,7-8,10H2,1-2H3. The third-order valence-electron chi connectivity index (χ3n) is 3.66. The second kappa shape index (κ2) is 5.98. The van der Waals surface area contributed by atoms with Crippen molar-refractivity contribution in [3.05, 3.63) is 34.3 Å². The van der Waals surface area contributed by atoms with Gasteiger partial charge in [0.15, 0.2) is 0 Å². The molecule has 0 saturated carbocycles. The molecule has 0 aliphatic carbocycles. The van der Waals surface area contributed by atoms with Crippen LogP contribution in [0.3, 0.4) is 0 Å². The highest BCUT2D eigenvalue weighted by Gasteiger charge is 2.22. The maximum absolute atomic E-state index is 3.57. The monoisotopic (exact) mass is 296 g/mol. The minimum atomic E-state index is 0.503. The first kappa shape index (κ1) is 13.1. The number of rotatable bonds is 3. The van der Waals surface area contributed by atoms with Crippen LogP contribution in [0.2, 0.25) is 0 Å². The van der Waals surface area contributed by atoms with E-state index in [-0.39, 0.29) is 0 Å². The largest absolute Gasteiger partial charge is 0.311 e. The Hall–Kier alpha value is -0.380. The molecule has 17 heavy (non-hydrogen) atoms. The van der Waals surface area contributed by atoms with Gasteiger partial charge in [0.05, 0.1) is 0 Å². The first-order chi connectivity index (χ1) is 8.20. The lowest BCUT2D eigenvalue weighted by Crippen LogP contribution is -2.50. The molecule has 2 atom stereocenters. The normalized spacial score (nSPS) is 23.6. The molecule has 2 rings (SSSR count). The van der Waals surface area contributed by atoms with E-state index >= 15 is 0 Å². The molecule has 1 heterocycles. The zero-order chi connectivity index (χ0) is 12.3. The van der Waals surface area contributed by atoms with Gasteiger partial charge >= 0.3 is 0 Å². The van der Waals surface area contributed by atoms with Gasteiger partial charge in [-0.3, -0.25) is 4.90 Å². The highest BCUT2D eigenvalue weighted by Crippen LogP contribution is 2.24. The van der Waals surface area contributed by atoms with Crippen molar-refractivity contribution >= 4 is 15.9 Å². The van der Waals surface area contributed by atoms with Gasteiger partial charge in [0, 0.05) is 36.2 Å². The van der Waals surface area contributed by atoms with E-state index in [4.69, 9.17) is 0 Å². The van der Waals surface area contributed by atoms with E-state index in [1.807, 2.05) is 0 Å². The molecule has 0 radical (unpaired) electrons. The van der Waals surface area contributed by atoms with E-state index in [2.05, 4.69) is 64.3 Å². The molecule has 0 bridgehead atoms. The Morgan fingerprint density at radius 3 is 3.06 bits per heavy atom. The van der Waals surface area contributed by atoms with E-state index in [0.29, 0.717) is 12.1 Å². The molecule has 0 spiro atoms. The summed E-state index contributed by atoms with van der Waals surface area (Å²) in [6, 6.07) is 9.81. The summed E-state index contributed by atoms with van der Waals surface area (Å²) in [7, 11) is 0. The average molecular weight is 297 g/mol. The van der Waals surface area contributed by atoms with Crippen LogP contribution in [0.25, 0.3) is 0 Å². The van der Waals surface area contributed by atoms with Crippen LogP contribution in [-0.2, 0) is 0 Å². The summed E-state index contributed by atoms with van der Waals surface area (Å²) in [5, 5.41) is 3.57. The second-order valence-electron chi connectivity index (χ2n) is 4.79. The molecule has 0 aromatic heterocycles. The molecule has 3 heteroatoms. The van der Waals surface area contributed by atoms with Gasteiger partial charge in [-0.05, 0) is 31.0 Å². The van der Waals surface area contributed by atoms with Crippen molar-refractivity contribution in [1.82, 2.24) is 10.2 Å². The van der Waals surface area contributed by atoms with Crippen molar-refractivity contribution in [2.24, 2.45) is 0 Å². The Balaban J connectivity index is 2.06. The van der Waals surface area contributed by atoms with Crippen molar-refractivity contribution in [2.45, 2.75) is 32.4 Å². The van der Waals surface area contributed by atoms with Crippen LogP contribution in [0.4, 0.5) is 0 Å². The number of nitrogens with one attached hydrogen (secondary N) is 1. The van der Waals surface area contributed by atoms with Crippen LogP contribution in [0, 0.1) is 0 Å². The van der Waals surface area contributed by atoms with Gasteiger partial charge in [0.2, 0.25) is 0 Å². The lowest BCUT2D eigenvalue weighted by molar-refractivity contribution is 0.151. The molecule has 1 aromatic carbocycles.